The summed E-state index contributed by atoms with van der Waals surface area (Å²) in [6.07, 6.45) is 5.28. The Hall–Kier alpha value is -4.17. The van der Waals surface area contributed by atoms with Crippen LogP contribution in [0.5, 0.6) is 0 Å². The molecular formula is C26H27N5O3. The summed E-state index contributed by atoms with van der Waals surface area (Å²) in [5.41, 5.74) is 7.64. The van der Waals surface area contributed by atoms with Crippen molar-refractivity contribution in [2.45, 2.75) is 26.8 Å². The van der Waals surface area contributed by atoms with Crippen molar-refractivity contribution in [3.05, 3.63) is 94.9 Å². The van der Waals surface area contributed by atoms with Crippen molar-refractivity contribution in [2.24, 2.45) is 0 Å². The van der Waals surface area contributed by atoms with Gasteiger partial charge in [0.15, 0.2) is 5.82 Å². The normalized spacial score (nSPS) is 11.8. The predicted molar refractivity (Wildman–Crippen MR) is 131 cm³/mol. The van der Waals surface area contributed by atoms with Crippen LogP contribution in [0.2, 0.25) is 0 Å². The molecule has 1 atom stereocenters. The average Bonchev–Trinajstić information content (AvgIpc) is 3.18. The summed E-state index contributed by atoms with van der Waals surface area (Å²) >= 11 is 0. The molecule has 34 heavy (non-hydrogen) atoms. The summed E-state index contributed by atoms with van der Waals surface area (Å²) in [6, 6.07) is 15.0. The van der Waals surface area contributed by atoms with Gasteiger partial charge in [-0.15, -0.1) is 0 Å². The maximum Gasteiger partial charge on any atom is 0.274 e. The molecule has 2 amide bonds. The van der Waals surface area contributed by atoms with E-state index >= 15 is 0 Å². The first-order chi connectivity index (χ1) is 16.4. The lowest BCUT2D eigenvalue weighted by atomic mass is 10.1. The number of carbonyl (C=O) groups is 2. The first-order valence-electron chi connectivity index (χ1n) is 10.9. The van der Waals surface area contributed by atoms with Crippen LogP contribution in [0, 0.1) is 13.8 Å². The highest BCUT2D eigenvalue weighted by Crippen LogP contribution is 2.28. The molecule has 0 radical (unpaired) electrons. The third-order valence-electron chi connectivity index (χ3n) is 5.78. The van der Waals surface area contributed by atoms with Gasteiger partial charge < -0.3 is 15.0 Å². The zero-order valence-electron chi connectivity index (χ0n) is 19.5. The summed E-state index contributed by atoms with van der Waals surface area (Å²) in [4.78, 5) is 34.5. The minimum atomic E-state index is -0.345. The van der Waals surface area contributed by atoms with Crippen molar-refractivity contribution in [3.8, 4) is 0 Å². The van der Waals surface area contributed by atoms with Gasteiger partial charge in [0.25, 0.3) is 11.8 Å². The molecule has 2 heterocycles. The third-order valence-corrected chi connectivity index (χ3v) is 5.78. The molecular weight excluding hydrogens is 430 g/mol. The van der Waals surface area contributed by atoms with E-state index < -0.39 is 0 Å². The second kappa shape index (κ2) is 9.76. The Kier molecular flexibility index (Phi) is 6.60. The molecule has 0 aliphatic rings. The summed E-state index contributed by atoms with van der Waals surface area (Å²) in [5.74, 6) is 0.0857. The second-order valence-electron chi connectivity index (χ2n) is 8.10. The van der Waals surface area contributed by atoms with Crippen LogP contribution in [0.25, 0.3) is 5.52 Å². The molecule has 0 saturated carbocycles. The number of hydrogen-bond donors (Lipinski definition) is 3. The first kappa shape index (κ1) is 23.0. The lowest BCUT2D eigenvalue weighted by Gasteiger charge is -2.14. The Balaban J connectivity index is 1.64. The van der Waals surface area contributed by atoms with Gasteiger partial charge >= 0.3 is 0 Å². The zero-order chi connectivity index (χ0) is 24.2. The van der Waals surface area contributed by atoms with Gasteiger partial charge in [-0.05, 0) is 49.6 Å². The number of rotatable bonds is 7. The molecule has 0 aliphatic carbocycles. The Morgan fingerprint density at radius 1 is 1.06 bits per heavy atom. The summed E-state index contributed by atoms with van der Waals surface area (Å²) in [7, 11) is 1.39. The van der Waals surface area contributed by atoms with Crippen LogP contribution in [0.3, 0.4) is 0 Å². The van der Waals surface area contributed by atoms with Gasteiger partial charge in [-0.1, -0.05) is 36.4 Å². The third kappa shape index (κ3) is 4.62. The molecule has 0 aliphatic heterocycles. The smallest absolute Gasteiger partial charge is 0.274 e. The number of carbonyl (C=O) groups excluding carboxylic acids is 2. The highest BCUT2D eigenvalue weighted by atomic mass is 16.6. The maximum absolute atomic E-state index is 13.1. The van der Waals surface area contributed by atoms with Crippen LogP contribution in [0.15, 0.2) is 67.1 Å². The van der Waals surface area contributed by atoms with Crippen LogP contribution in [-0.4, -0.2) is 28.3 Å². The van der Waals surface area contributed by atoms with E-state index in [0.717, 1.165) is 27.9 Å². The van der Waals surface area contributed by atoms with Crippen LogP contribution in [-0.2, 0) is 4.84 Å². The van der Waals surface area contributed by atoms with Crippen molar-refractivity contribution in [1.82, 2.24) is 20.2 Å². The van der Waals surface area contributed by atoms with Gasteiger partial charge in [0, 0.05) is 29.8 Å². The highest BCUT2D eigenvalue weighted by Gasteiger charge is 2.19. The van der Waals surface area contributed by atoms with Gasteiger partial charge in [0.05, 0.1) is 24.2 Å². The van der Waals surface area contributed by atoms with E-state index in [1.54, 1.807) is 30.7 Å². The second-order valence-corrected chi connectivity index (χ2v) is 8.10. The van der Waals surface area contributed by atoms with E-state index in [4.69, 9.17) is 4.84 Å². The minimum absolute atomic E-state index is 0.129. The van der Waals surface area contributed by atoms with Crippen molar-refractivity contribution < 1.29 is 14.4 Å². The number of fused-ring (bicyclic) bond motifs is 1. The van der Waals surface area contributed by atoms with Crippen LogP contribution in [0.4, 0.5) is 11.5 Å². The summed E-state index contributed by atoms with van der Waals surface area (Å²) in [5, 5.41) is 6.40. The fraction of sp³-hybridized carbons (Fsp3) is 0.192. The van der Waals surface area contributed by atoms with E-state index in [9.17, 15) is 9.59 Å². The lowest BCUT2D eigenvalue weighted by molar-refractivity contribution is 0.0537. The molecule has 2 aromatic carbocycles. The van der Waals surface area contributed by atoms with Crippen molar-refractivity contribution >= 4 is 28.8 Å². The molecule has 174 valence electrons. The quantitative estimate of drug-likeness (QED) is 0.356. The predicted octanol–water partition coefficient (Wildman–Crippen LogP) is 4.48. The number of amides is 2. The SMILES string of the molecule is CONC(=O)c1ccc(C)c(Nc2nccn3cc(C(=O)NC(C)c4ccccc4)c(C)c23)c1. The van der Waals surface area contributed by atoms with Crippen LogP contribution >= 0.6 is 0 Å². The molecule has 0 bridgehead atoms. The molecule has 0 fully saturated rings. The van der Waals surface area contributed by atoms with E-state index in [1.165, 1.54) is 7.11 Å². The topological polar surface area (TPSA) is 96.8 Å². The van der Waals surface area contributed by atoms with E-state index in [1.807, 2.05) is 61.6 Å². The molecule has 1 unspecified atom stereocenters. The molecule has 3 N–H and O–H groups in total. The standard InChI is InChI=1S/C26H27N5O3/c1-16-10-11-20(25(32)30-34-4)14-22(16)29-24-23-17(2)21(15-31(23)13-12-27-24)26(33)28-18(3)19-8-6-5-7-9-19/h5-15,18H,1-4H3,(H,27,29)(H,28,33)(H,30,32). The molecule has 8 heteroatoms. The van der Waals surface area contributed by atoms with Gasteiger partial charge in [-0.3, -0.25) is 14.4 Å². The van der Waals surface area contributed by atoms with Crippen LogP contribution < -0.4 is 16.1 Å². The Morgan fingerprint density at radius 2 is 1.82 bits per heavy atom. The van der Waals surface area contributed by atoms with E-state index in [2.05, 4.69) is 21.1 Å². The first-order valence-corrected chi connectivity index (χ1v) is 10.9. The Labute approximate surface area is 197 Å². The number of aryl methyl sites for hydroxylation is 2. The number of nitrogens with one attached hydrogen (secondary N) is 3. The fourth-order valence-electron chi connectivity index (χ4n) is 3.88. The summed E-state index contributed by atoms with van der Waals surface area (Å²) in [6.45, 7) is 5.80. The van der Waals surface area contributed by atoms with E-state index in [-0.39, 0.29) is 17.9 Å². The van der Waals surface area contributed by atoms with Crippen molar-refractivity contribution in [3.63, 3.8) is 0 Å². The molecule has 2 aromatic heterocycles. The lowest BCUT2D eigenvalue weighted by Crippen LogP contribution is -2.26. The number of anilines is 2. The van der Waals surface area contributed by atoms with Gasteiger partial charge in [0.2, 0.25) is 0 Å². The number of benzene rings is 2. The van der Waals surface area contributed by atoms with Crippen molar-refractivity contribution in [1.29, 1.82) is 0 Å². The largest absolute Gasteiger partial charge is 0.345 e. The number of nitrogens with zero attached hydrogens (tertiary/aromatic N) is 2. The monoisotopic (exact) mass is 457 g/mol. The van der Waals surface area contributed by atoms with Gasteiger partial charge in [-0.2, -0.15) is 0 Å². The van der Waals surface area contributed by atoms with Crippen LogP contribution in [0.1, 0.15) is 50.4 Å². The van der Waals surface area contributed by atoms with Gasteiger partial charge in [0.1, 0.15) is 0 Å². The highest BCUT2D eigenvalue weighted by molar-refractivity contribution is 5.99. The van der Waals surface area contributed by atoms with Gasteiger partial charge in [-0.25, -0.2) is 10.5 Å². The molecule has 0 spiro atoms. The van der Waals surface area contributed by atoms with E-state index in [0.29, 0.717) is 16.9 Å². The Morgan fingerprint density at radius 3 is 2.56 bits per heavy atom. The fourth-order valence-corrected chi connectivity index (χ4v) is 3.88. The molecule has 4 rings (SSSR count). The van der Waals surface area contributed by atoms with Crippen molar-refractivity contribution in [2.75, 3.05) is 12.4 Å². The number of hydroxylamine groups is 1. The maximum atomic E-state index is 13.1. The number of hydrogen-bond acceptors (Lipinski definition) is 5. The minimum Gasteiger partial charge on any atom is -0.345 e. The number of aromatic nitrogens is 2. The molecule has 0 saturated heterocycles. The average molecular weight is 458 g/mol. The zero-order valence-corrected chi connectivity index (χ0v) is 19.5. The Bertz CT molecular complexity index is 1350. The molecule has 8 nitrogen and oxygen atoms in total. The summed E-state index contributed by atoms with van der Waals surface area (Å²) < 4.78 is 1.88. The molecule has 4 aromatic rings.